The monoisotopic (exact) mass is 1190 g/mol. The lowest BCUT2D eigenvalue weighted by atomic mass is 10.0. The van der Waals surface area contributed by atoms with Gasteiger partial charge in [-0.05, 0) is 89.5 Å². The quantitative estimate of drug-likeness (QED) is 0.0212. The molecular formula is C73H139N2O7P. The van der Waals surface area contributed by atoms with E-state index in [1.165, 1.54) is 244 Å². The number of ether oxygens (including phenoxy) is 1. The van der Waals surface area contributed by atoms with Crippen molar-refractivity contribution in [1.82, 2.24) is 5.32 Å². The number of hydrogen-bond donors (Lipinski definition) is 1. The van der Waals surface area contributed by atoms with Gasteiger partial charge in [-0.3, -0.25) is 14.2 Å². The molecule has 3 atom stereocenters. The van der Waals surface area contributed by atoms with Gasteiger partial charge >= 0.3 is 5.97 Å². The minimum absolute atomic E-state index is 0.0221. The maximum absolute atomic E-state index is 13.6. The van der Waals surface area contributed by atoms with E-state index in [1.54, 1.807) is 0 Å². The number of hydrogen-bond acceptors (Lipinski definition) is 7. The first-order valence-corrected chi connectivity index (χ1v) is 37.4. The molecule has 0 aliphatic rings. The van der Waals surface area contributed by atoms with Gasteiger partial charge in [-0.2, -0.15) is 0 Å². The molecule has 0 radical (unpaired) electrons. The average Bonchev–Trinajstić information content (AvgIpc) is 3.47. The van der Waals surface area contributed by atoms with E-state index in [4.69, 9.17) is 13.8 Å². The highest BCUT2D eigenvalue weighted by Gasteiger charge is 2.27. The number of allylic oxidation sites excluding steroid dienone is 7. The van der Waals surface area contributed by atoms with Crippen LogP contribution < -0.4 is 10.2 Å². The fourth-order valence-corrected chi connectivity index (χ4v) is 11.4. The van der Waals surface area contributed by atoms with Crippen molar-refractivity contribution in [3.05, 3.63) is 48.6 Å². The molecule has 3 unspecified atom stereocenters. The third-order valence-electron chi connectivity index (χ3n) is 16.2. The molecule has 0 aromatic heterocycles. The number of nitrogens with zero attached hydrogens (tertiary/aromatic N) is 1. The number of phosphoric ester groups is 1. The van der Waals surface area contributed by atoms with Gasteiger partial charge in [0.25, 0.3) is 7.82 Å². The summed E-state index contributed by atoms with van der Waals surface area (Å²) in [4.78, 5) is 40.2. The summed E-state index contributed by atoms with van der Waals surface area (Å²) in [6.45, 7) is 6.86. The molecule has 0 aromatic carbocycles. The minimum Gasteiger partial charge on any atom is -0.756 e. The highest BCUT2D eigenvalue weighted by molar-refractivity contribution is 7.45. The zero-order valence-electron chi connectivity index (χ0n) is 55.9. The van der Waals surface area contributed by atoms with Crippen LogP contribution in [0.25, 0.3) is 0 Å². The lowest BCUT2D eigenvalue weighted by Crippen LogP contribution is -2.47. The summed E-state index contributed by atoms with van der Waals surface area (Å²) < 4.78 is 30.5. The Hall–Kier alpha value is -2.03. The molecule has 0 aliphatic heterocycles. The maximum Gasteiger partial charge on any atom is 0.306 e. The molecule has 488 valence electrons. The summed E-state index contributed by atoms with van der Waals surface area (Å²) in [5, 5.41) is 3.05. The normalized spacial score (nSPS) is 13.8. The number of phosphoric acid groups is 1. The van der Waals surface area contributed by atoms with Crippen LogP contribution in [0.1, 0.15) is 355 Å². The van der Waals surface area contributed by atoms with Gasteiger partial charge in [0.2, 0.25) is 5.91 Å². The van der Waals surface area contributed by atoms with Gasteiger partial charge in [-0.25, -0.2) is 0 Å². The van der Waals surface area contributed by atoms with Crippen LogP contribution in [0.4, 0.5) is 0 Å². The number of likely N-dealkylation sites (N-methyl/N-ethyl adjacent to an activating group) is 1. The number of esters is 1. The van der Waals surface area contributed by atoms with Gasteiger partial charge in [0.1, 0.15) is 19.3 Å². The first kappa shape index (κ1) is 81.0. The van der Waals surface area contributed by atoms with Crippen LogP contribution in [0.2, 0.25) is 0 Å². The van der Waals surface area contributed by atoms with E-state index in [2.05, 4.69) is 62.5 Å². The fraction of sp³-hybridized carbons (Fsp3) is 0.863. The standard InChI is InChI=1S/C73H139N2O7P/c1-7-10-13-16-19-22-25-28-30-32-33-34-35-36-37-38-39-40-41-43-44-47-50-53-56-59-62-65-72(76)74-70(69-81-83(78,79)80-68-67-75(4,5)6)71(64-61-58-55-52-49-46-27-24-21-18-15-12-9-3)82-73(77)66-63-60-57-54-51-48-45-42-31-29-26-23-20-17-14-11-8-2/h20,23,28-31,61,64,70-71H,7-19,21-22,24-27,32-60,62-63,65-69H2,1-6H3,(H-,74,76,78,79)/b23-20-,30-28+,31-29-,64-61-. The van der Waals surface area contributed by atoms with Crippen LogP contribution >= 0.6 is 7.82 Å². The van der Waals surface area contributed by atoms with E-state index in [0.717, 1.165) is 77.0 Å². The highest BCUT2D eigenvalue weighted by Crippen LogP contribution is 2.38. The molecule has 0 rings (SSSR count). The topological polar surface area (TPSA) is 114 Å². The van der Waals surface area contributed by atoms with E-state index in [0.29, 0.717) is 17.4 Å². The maximum atomic E-state index is 13.6. The Morgan fingerprint density at radius 3 is 1.12 bits per heavy atom. The van der Waals surface area contributed by atoms with Gasteiger partial charge in [0.05, 0.1) is 33.8 Å². The zero-order valence-corrected chi connectivity index (χ0v) is 56.8. The second-order valence-corrected chi connectivity index (χ2v) is 27.1. The van der Waals surface area contributed by atoms with Crippen LogP contribution in [0, 0.1) is 0 Å². The van der Waals surface area contributed by atoms with Crippen molar-refractivity contribution < 1.29 is 37.3 Å². The van der Waals surface area contributed by atoms with Gasteiger partial charge in [0, 0.05) is 12.8 Å². The molecule has 0 spiro atoms. The number of quaternary nitrogens is 1. The van der Waals surface area contributed by atoms with Crippen molar-refractivity contribution in [2.75, 3.05) is 40.9 Å². The Morgan fingerprint density at radius 1 is 0.422 bits per heavy atom. The van der Waals surface area contributed by atoms with Crippen LogP contribution in [-0.4, -0.2) is 69.4 Å². The summed E-state index contributed by atoms with van der Waals surface area (Å²) >= 11 is 0. The van der Waals surface area contributed by atoms with E-state index >= 15 is 0 Å². The van der Waals surface area contributed by atoms with E-state index in [-0.39, 0.29) is 31.5 Å². The molecule has 10 heteroatoms. The van der Waals surface area contributed by atoms with Crippen molar-refractivity contribution in [1.29, 1.82) is 0 Å². The molecule has 1 N–H and O–H groups in total. The second kappa shape index (κ2) is 63.0. The molecule has 1 amide bonds. The Morgan fingerprint density at radius 2 is 0.735 bits per heavy atom. The minimum atomic E-state index is -4.70. The third-order valence-corrected chi connectivity index (χ3v) is 17.2. The summed E-state index contributed by atoms with van der Waals surface area (Å²) in [6, 6.07) is -0.891. The third kappa shape index (κ3) is 64.3. The molecule has 0 aromatic rings. The Labute approximate surface area is 516 Å². The molecule has 0 saturated carbocycles. The smallest absolute Gasteiger partial charge is 0.306 e. The van der Waals surface area contributed by atoms with Crippen LogP contribution in [0.3, 0.4) is 0 Å². The molecule has 83 heavy (non-hydrogen) atoms. The predicted molar refractivity (Wildman–Crippen MR) is 358 cm³/mol. The SMILES string of the molecule is CCCCC/C=C\C/C=C\CCCCCCCCCC(=O)OC(/C=C\CCCCCCCCCCCCC)C(COP(=O)([O-])OCC[N+](C)(C)C)NC(=O)CCCCCCCCCCCCCCCCCCC/C=C/CCCCCCCC. The lowest BCUT2D eigenvalue weighted by molar-refractivity contribution is -0.870. The van der Waals surface area contributed by atoms with E-state index in [9.17, 15) is 19.0 Å². The van der Waals surface area contributed by atoms with Gasteiger partial charge in [-0.1, -0.05) is 301 Å². The summed E-state index contributed by atoms with van der Waals surface area (Å²) in [7, 11) is 1.19. The van der Waals surface area contributed by atoms with Crippen LogP contribution in [0.15, 0.2) is 48.6 Å². The molecule has 0 heterocycles. The molecule has 0 aliphatic carbocycles. The first-order chi connectivity index (χ1) is 40.4. The fourth-order valence-electron chi connectivity index (χ4n) is 10.7. The van der Waals surface area contributed by atoms with Gasteiger partial charge in [-0.15, -0.1) is 0 Å². The van der Waals surface area contributed by atoms with Crippen molar-refractivity contribution >= 4 is 19.7 Å². The number of nitrogens with one attached hydrogen (secondary N) is 1. The average molecular weight is 1190 g/mol. The van der Waals surface area contributed by atoms with E-state index in [1.807, 2.05) is 33.3 Å². The van der Waals surface area contributed by atoms with Gasteiger partial charge < -0.3 is 28.5 Å². The molecular weight excluding hydrogens is 1050 g/mol. The molecule has 0 bridgehead atoms. The van der Waals surface area contributed by atoms with Crippen LogP contribution in [-0.2, 0) is 27.9 Å². The lowest BCUT2D eigenvalue weighted by Gasteiger charge is -2.30. The van der Waals surface area contributed by atoms with E-state index < -0.39 is 20.0 Å². The summed E-state index contributed by atoms with van der Waals surface area (Å²) in [6.07, 6.45) is 79.5. The number of carbonyl (C=O) groups is 2. The van der Waals surface area contributed by atoms with Crippen molar-refractivity contribution in [3.63, 3.8) is 0 Å². The Balaban J connectivity index is 5.02. The summed E-state index contributed by atoms with van der Waals surface area (Å²) in [5.74, 6) is -0.534. The number of amides is 1. The zero-order chi connectivity index (χ0) is 60.7. The Bertz CT molecular complexity index is 1560. The second-order valence-electron chi connectivity index (χ2n) is 25.7. The van der Waals surface area contributed by atoms with Crippen LogP contribution in [0.5, 0.6) is 0 Å². The van der Waals surface area contributed by atoms with Crippen molar-refractivity contribution in [2.24, 2.45) is 0 Å². The largest absolute Gasteiger partial charge is 0.756 e. The van der Waals surface area contributed by atoms with Crippen molar-refractivity contribution in [2.45, 2.75) is 367 Å². The number of unbranched alkanes of at least 4 members (excludes halogenated alkanes) is 44. The number of rotatable bonds is 66. The molecule has 0 saturated heterocycles. The Kier molecular flexibility index (Phi) is 61.5. The molecule has 9 nitrogen and oxygen atoms in total. The first-order valence-electron chi connectivity index (χ1n) is 35.9. The predicted octanol–water partition coefficient (Wildman–Crippen LogP) is 22.2. The molecule has 0 fully saturated rings. The van der Waals surface area contributed by atoms with Crippen molar-refractivity contribution in [3.8, 4) is 0 Å². The highest BCUT2D eigenvalue weighted by atomic mass is 31.2. The van der Waals surface area contributed by atoms with Gasteiger partial charge in [0.15, 0.2) is 0 Å². The number of carbonyl (C=O) groups excluding carboxylic acids is 2. The summed E-state index contributed by atoms with van der Waals surface area (Å²) in [5.41, 5.74) is 0.